The summed E-state index contributed by atoms with van der Waals surface area (Å²) >= 11 is 0. The first kappa shape index (κ1) is 8.83. The smallest absolute Gasteiger partial charge is 0.354 e. The Morgan fingerprint density at radius 3 is 2.87 bits per heavy atom. The number of carboxylic acids is 1. The molecule has 78 valence electrons. The molecule has 0 aliphatic heterocycles. The first-order valence-electron chi connectivity index (χ1n) is 5.19. The van der Waals surface area contributed by atoms with Crippen LogP contribution in [0.1, 0.15) is 47.1 Å². The van der Waals surface area contributed by atoms with Crippen molar-refractivity contribution >= 4 is 5.97 Å². The minimum atomic E-state index is -0.957. The summed E-state index contributed by atoms with van der Waals surface area (Å²) in [6.07, 6.45) is 5.30. The summed E-state index contributed by atoms with van der Waals surface area (Å²) in [4.78, 5) is 19.3. The summed E-state index contributed by atoms with van der Waals surface area (Å²) in [5.74, 6) is 0.202. The quantitative estimate of drug-likeness (QED) is 0.797. The molecule has 1 aromatic rings. The maximum Gasteiger partial charge on any atom is 0.354 e. The van der Waals surface area contributed by atoms with E-state index in [1.807, 2.05) is 0 Å². The molecular formula is C11H12N2O2. The molecule has 0 saturated heterocycles. The Balaban J connectivity index is 1.96. The van der Waals surface area contributed by atoms with Gasteiger partial charge in [-0.3, -0.25) is 0 Å². The number of carbonyl (C=O) groups is 1. The number of aromatic carboxylic acids is 1. The van der Waals surface area contributed by atoms with Gasteiger partial charge in [0.2, 0.25) is 0 Å². The van der Waals surface area contributed by atoms with Crippen molar-refractivity contribution in [3.05, 3.63) is 23.3 Å². The van der Waals surface area contributed by atoms with Crippen molar-refractivity contribution in [1.29, 1.82) is 0 Å². The van der Waals surface area contributed by atoms with Crippen LogP contribution in [-0.4, -0.2) is 21.0 Å². The predicted molar refractivity (Wildman–Crippen MR) is 52.8 cm³/mol. The molecule has 2 saturated carbocycles. The molecule has 0 bridgehead atoms. The van der Waals surface area contributed by atoms with Gasteiger partial charge in [-0.1, -0.05) is 0 Å². The molecule has 2 aliphatic rings. The Labute approximate surface area is 87.4 Å². The van der Waals surface area contributed by atoms with E-state index in [-0.39, 0.29) is 5.69 Å². The van der Waals surface area contributed by atoms with Crippen molar-refractivity contribution < 1.29 is 9.90 Å². The molecule has 1 spiro atoms. The van der Waals surface area contributed by atoms with Crippen LogP contribution in [0.2, 0.25) is 0 Å². The van der Waals surface area contributed by atoms with E-state index in [1.165, 1.54) is 12.8 Å². The zero-order valence-electron chi connectivity index (χ0n) is 8.53. The van der Waals surface area contributed by atoms with Gasteiger partial charge >= 0.3 is 5.97 Å². The number of hydrogen-bond donors (Lipinski definition) is 1. The van der Waals surface area contributed by atoms with Crippen LogP contribution in [0.15, 0.2) is 6.20 Å². The number of nitrogens with zero attached hydrogens (tertiary/aromatic N) is 2. The van der Waals surface area contributed by atoms with Crippen molar-refractivity contribution in [2.75, 3.05) is 0 Å². The molecule has 1 atom stereocenters. The van der Waals surface area contributed by atoms with Gasteiger partial charge in [-0.05, 0) is 31.6 Å². The lowest BCUT2D eigenvalue weighted by atomic mass is 10.2. The average Bonchev–Trinajstić information content (AvgIpc) is 3.08. The molecule has 0 radical (unpaired) electrons. The Kier molecular flexibility index (Phi) is 1.51. The Hall–Kier alpha value is -1.45. The number of hydrogen-bond acceptors (Lipinski definition) is 3. The fourth-order valence-electron chi connectivity index (χ4n) is 2.27. The van der Waals surface area contributed by atoms with Gasteiger partial charge in [-0.2, -0.15) is 0 Å². The Bertz CT molecular complexity index is 452. The van der Waals surface area contributed by atoms with Crippen molar-refractivity contribution in [2.24, 2.45) is 5.41 Å². The minimum absolute atomic E-state index is 0.155. The van der Waals surface area contributed by atoms with Crippen LogP contribution >= 0.6 is 0 Å². The first-order valence-corrected chi connectivity index (χ1v) is 5.19. The molecule has 1 aromatic heterocycles. The molecule has 2 fully saturated rings. The normalized spacial score (nSPS) is 25.3. The third-order valence-electron chi connectivity index (χ3n) is 3.59. The van der Waals surface area contributed by atoms with Crippen LogP contribution in [0, 0.1) is 12.3 Å². The molecule has 4 heteroatoms. The summed E-state index contributed by atoms with van der Waals surface area (Å²) in [6, 6.07) is 0. The maximum atomic E-state index is 10.9. The van der Waals surface area contributed by atoms with Gasteiger partial charge in [-0.15, -0.1) is 0 Å². The van der Waals surface area contributed by atoms with Crippen LogP contribution in [-0.2, 0) is 0 Å². The summed E-state index contributed by atoms with van der Waals surface area (Å²) in [7, 11) is 0. The van der Waals surface area contributed by atoms with Gasteiger partial charge in [0.1, 0.15) is 5.82 Å². The zero-order valence-corrected chi connectivity index (χ0v) is 8.53. The summed E-state index contributed by atoms with van der Waals surface area (Å²) < 4.78 is 0. The third kappa shape index (κ3) is 1.24. The number of aromatic nitrogens is 2. The lowest BCUT2D eigenvalue weighted by Crippen LogP contribution is -2.07. The van der Waals surface area contributed by atoms with Gasteiger partial charge in [0.15, 0.2) is 5.69 Å². The summed E-state index contributed by atoms with van der Waals surface area (Å²) in [5, 5.41) is 8.95. The molecular weight excluding hydrogens is 192 g/mol. The second-order valence-corrected chi connectivity index (χ2v) is 4.68. The van der Waals surface area contributed by atoms with E-state index in [0.717, 1.165) is 12.2 Å². The van der Waals surface area contributed by atoms with Gasteiger partial charge < -0.3 is 5.11 Å². The van der Waals surface area contributed by atoms with Crippen molar-refractivity contribution in [3.8, 4) is 0 Å². The predicted octanol–water partition coefficient (Wildman–Crippen LogP) is 1.75. The molecule has 0 aromatic carbocycles. The molecule has 15 heavy (non-hydrogen) atoms. The molecule has 0 amide bonds. The monoisotopic (exact) mass is 204 g/mol. The van der Waals surface area contributed by atoms with Gasteiger partial charge in [0, 0.05) is 17.7 Å². The SMILES string of the molecule is Cc1cnc(C2CC23CC3)nc1C(=O)O. The zero-order chi connectivity index (χ0) is 10.6. The fraction of sp³-hybridized carbons (Fsp3) is 0.545. The van der Waals surface area contributed by atoms with Crippen LogP contribution in [0.25, 0.3) is 0 Å². The molecule has 4 nitrogen and oxygen atoms in total. The van der Waals surface area contributed by atoms with E-state index in [9.17, 15) is 4.79 Å². The van der Waals surface area contributed by atoms with Gasteiger partial charge in [0.25, 0.3) is 0 Å². The van der Waals surface area contributed by atoms with Crippen LogP contribution in [0.3, 0.4) is 0 Å². The lowest BCUT2D eigenvalue weighted by Gasteiger charge is -2.02. The van der Waals surface area contributed by atoms with E-state index < -0.39 is 5.97 Å². The van der Waals surface area contributed by atoms with E-state index in [0.29, 0.717) is 16.9 Å². The summed E-state index contributed by atoms with van der Waals surface area (Å²) in [5.41, 5.74) is 1.27. The lowest BCUT2D eigenvalue weighted by molar-refractivity contribution is 0.0689. The largest absolute Gasteiger partial charge is 0.477 e. The van der Waals surface area contributed by atoms with Gasteiger partial charge in [0.05, 0.1) is 0 Å². The number of carboxylic acid groups (broad SMARTS) is 1. The van der Waals surface area contributed by atoms with E-state index in [2.05, 4.69) is 9.97 Å². The number of rotatable bonds is 2. The third-order valence-corrected chi connectivity index (χ3v) is 3.59. The molecule has 1 N–H and O–H groups in total. The van der Waals surface area contributed by atoms with E-state index in [1.54, 1.807) is 13.1 Å². The van der Waals surface area contributed by atoms with Crippen molar-refractivity contribution in [2.45, 2.75) is 32.1 Å². The molecule has 3 rings (SSSR count). The molecule has 1 unspecified atom stereocenters. The van der Waals surface area contributed by atoms with E-state index in [4.69, 9.17) is 5.11 Å². The van der Waals surface area contributed by atoms with Crippen LogP contribution in [0.5, 0.6) is 0 Å². The highest BCUT2D eigenvalue weighted by atomic mass is 16.4. The minimum Gasteiger partial charge on any atom is -0.477 e. The second kappa shape index (κ2) is 2.56. The van der Waals surface area contributed by atoms with Gasteiger partial charge in [-0.25, -0.2) is 14.8 Å². The molecule has 2 aliphatic carbocycles. The topological polar surface area (TPSA) is 63.1 Å². The van der Waals surface area contributed by atoms with Crippen LogP contribution in [0.4, 0.5) is 0 Å². The van der Waals surface area contributed by atoms with E-state index >= 15 is 0 Å². The summed E-state index contributed by atoms with van der Waals surface area (Å²) in [6.45, 7) is 1.73. The fourth-order valence-corrected chi connectivity index (χ4v) is 2.27. The number of aryl methyl sites for hydroxylation is 1. The van der Waals surface area contributed by atoms with Crippen LogP contribution < -0.4 is 0 Å². The van der Waals surface area contributed by atoms with Crippen molar-refractivity contribution in [3.63, 3.8) is 0 Å². The Morgan fingerprint density at radius 2 is 2.33 bits per heavy atom. The average molecular weight is 204 g/mol. The first-order chi connectivity index (χ1) is 7.12. The highest BCUT2D eigenvalue weighted by Gasteiger charge is 2.64. The maximum absolute atomic E-state index is 10.9. The van der Waals surface area contributed by atoms with Crippen molar-refractivity contribution in [1.82, 2.24) is 9.97 Å². The Morgan fingerprint density at radius 1 is 1.60 bits per heavy atom. The highest BCUT2D eigenvalue weighted by Crippen LogP contribution is 2.74. The second-order valence-electron chi connectivity index (χ2n) is 4.68. The highest BCUT2D eigenvalue weighted by molar-refractivity contribution is 5.86. The molecule has 1 heterocycles. The standard InChI is InChI=1S/C11H12N2O2/c1-6-5-12-9(13-8(6)10(14)15)7-4-11(7)2-3-11/h5,7H,2-4H2,1H3,(H,14,15).